The van der Waals surface area contributed by atoms with Crippen LogP contribution in [-0.4, -0.2) is 19.2 Å². The topological polar surface area (TPSA) is 61.5 Å². The third kappa shape index (κ3) is 4.55. The lowest BCUT2D eigenvalue weighted by Crippen LogP contribution is -2.16. The highest BCUT2D eigenvalue weighted by atomic mass is 35.5. The summed E-state index contributed by atoms with van der Waals surface area (Å²) in [4.78, 5) is 11.4. The molecule has 0 atom stereocenters. The van der Waals surface area contributed by atoms with Gasteiger partial charge in [-0.1, -0.05) is 37.1 Å². The summed E-state index contributed by atoms with van der Waals surface area (Å²) in [7, 11) is 0. The quantitative estimate of drug-likeness (QED) is 0.611. The number of hydrogen-bond donors (Lipinski definition) is 1. The average Bonchev–Trinajstić information content (AvgIpc) is 2.37. The lowest BCUT2D eigenvalue weighted by molar-refractivity contribution is -0.146. The van der Waals surface area contributed by atoms with Gasteiger partial charge in [0.1, 0.15) is 5.75 Å². The van der Waals surface area contributed by atoms with Gasteiger partial charge in [0, 0.05) is 12.1 Å². The number of carbonyl (C=O) groups excluding carboxylic acids is 1. The Morgan fingerprint density at radius 2 is 2.22 bits per heavy atom. The Morgan fingerprint density at radius 1 is 1.44 bits per heavy atom. The summed E-state index contributed by atoms with van der Waals surface area (Å²) >= 11 is 5.99. The number of rotatable bonds is 7. The van der Waals surface area contributed by atoms with Crippen LogP contribution >= 0.6 is 11.6 Å². The predicted molar refractivity (Wildman–Crippen MR) is 70.7 cm³/mol. The van der Waals surface area contributed by atoms with E-state index >= 15 is 0 Å². The lowest BCUT2D eigenvalue weighted by Gasteiger charge is -2.11. The zero-order chi connectivity index (χ0) is 13.4. The fourth-order valence-corrected chi connectivity index (χ4v) is 1.63. The van der Waals surface area contributed by atoms with Crippen LogP contribution in [0.4, 0.5) is 0 Å². The molecule has 0 aromatic heterocycles. The molecule has 1 rings (SSSR count). The van der Waals surface area contributed by atoms with Gasteiger partial charge in [-0.05, 0) is 12.5 Å². The maximum atomic E-state index is 11.4. The molecule has 100 valence electrons. The first-order valence-electron chi connectivity index (χ1n) is 5.95. The number of hydrogen-bond acceptors (Lipinski definition) is 4. The SMILES string of the molecule is CCCCOC(=O)COc1c(Cl)cccc1CN. The number of carbonyl (C=O) groups is 1. The van der Waals surface area contributed by atoms with Gasteiger partial charge in [-0.2, -0.15) is 0 Å². The minimum atomic E-state index is -0.397. The van der Waals surface area contributed by atoms with Gasteiger partial charge in [-0.3, -0.25) is 0 Å². The summed E-state index contributed by atoms with van der Waals surface area (Å²) in [5, 5.41) is 0.444. The van der Waals surface area contributed by atoms with E-state index in [0.29, 0.717) is 23.9 Å². The van der Waals surface area contributed by atoms with Crippen LogP contribution in [0.3, 0.4) is 0 Å². The van der Waals surface area contributed by atoms with E-state index in [-0.39, 0.29) is 6.61 Å². The Kier molecular flexibility index (Phi) is 6.54. The summed E-state index contributed by atoms with van der Waals surface area (Å²) in [5.41, 5.74) is 6.34. The molecule has 2 N–H and O–H groups in total. The number of nitrogens with two attached hydrogens (primary N) is 1. The van der Waals surface area contributed by atoms with Crippen LogP contribution in [0.1, 0.15) is 25.3 Å². The number of unbranched alkanes of at least 4 members (excludes halogenated alkanes) is 1. The maximum Gasteiger partial charge on any atom is 0.344 e. The Balaban J connectivity index is 2.50. The van der Waals surface area contributed by atoms with Gasteiger partial charge in [0.15, 0.2) is 6.61 Å². The second kappa shape index (κ2) is 7.95. The van der Waals surface area contributed by atoms with Crippen molar-refractivity contribution in [3.8, 4) is 5.75 Å². The predicted octanol–water partition coefficient (Wildman–Crippen LogP) is 2.52. The minimum absolute atomic E-state index is 0.152. The molecular weight excluding hydrogens is 254 g/mol. The van der Waals surface area contributed by atoms with Crippen LogP contribution in [0.15, 0.2) is 18.2 Å². The summed E-state index contributed by atoms with van der Waals surface area (Å²) < 4.78 is 10.3. The largest absolute Gasteiger partial charge is 0.480 e. The first kappa shape index (κ1) is 14.8. The molecule has 0 fully saturated rings. The summed E-state index contributed by atoms with van der Waals surface area (Å²) in [6, 6.07) is 5.29. The van der Waals surface area contributed by atoms with E-state index < -0.39 is 5.97 Å². The summed E-state index contributed by atoms with van der Waals surface area (Å²) in [5.74, 6) is 0.0560. The third-order valence-corrected chi connectivity index (χ3v) is 2.66. The molecule has 0 spiro atoms. The number of ether oxygens (including phenoxy) is 2. The second-order valence-electron chi connectivity index (χ2n) is 3.79. The molecule has 18 heavy (non-hydrogen) atoms. The van der Waals surface area contributed by atoms with Gasteiger partial charge in [-0.25, -0.2) is 4.79 Å². The zero-order valence-corrected chi connectivity index (χ0v) is 11.2. The number of benzene rings is 1. The molecule has 1 aromatic carbocycles. The van der Waals surface area contributed by atoms with Gasteiger partial charge in [-0.15, -0.1) is 0 Å². The van der Waals surface area contributed by atoms with Crippen LogP contribution < -0.4 is 10.5 Å². The fraction of sp³-hybridized carbons (Fsp3) is 0.462. The minimum Gasteiger partial charge on any atom is -0.480 e. The Hall–Kier alpha value is -1.26. The summed E-state index contributed by atoms with van der Waals surface area (Å²) in [6.07, 6.45) is 1.84. The summed E-state index contributed by atoms with van der Waals surface area (Å²) in [6.45, 7) is 2.60. The van der Waals surface area contributed by atoms with Crippen LogP contribution in [0.25, 0.3) is 0 Å². The van der Waals surface area contributed by atoms with Gasteiger partial charge in [0.25, 0.3) is 0 Å². The Bertz CT molecular complexity index is 396. The highest BCUT2D eigenvalue weighted by Crippen LogP contribution is 2.28. The van der Waals surface area contributed by atoms with E-state index in [2.05, 4.69) is 0 Å². The van der Waals surface area contributed by atoms with Crippen LogP contribution in [0.2, 0.25) is 5.02 Å². The first-order chi connectivity index (χ1) is 8.69. The van der Waals surface area contributed by atoms with Crippen LogP contribution in [0, 0.1) is 0 Å². The standard InChI is InChI=1S/C13H18ClNO3/c1-2-3-7-17-12(16)9-18-13-10(8-15)5-4-6-11(13)14/h4-6H,2-3,7-9,15H2,1H3. The monoisotopic (exact) mass is 271 g/mol. The highest BCUT2D eigenvalue weighted by Gasteiger charge is 2.10. The second-order valence-corrected chi connectivity index (χ2v) is 4.20. The molecular formula is C13H18ClNO3. The van der Waals surface area contributed by atoms with Crippen molar-refractivity contribution in [1.82, 2.24) is 0 Å². The van der Waals surface area contributed by atoms with Crippen molar-refractivity contribution in [3.63, 3.8) is 0 Å². The first-order valence-corrected chi connectivity index (χ1v) is 6.32. The van der Waals surface area contributed by atoms with Crippen molar-refractivity contribution in [3.05, 3.63) is 28.8 Å². The smallest absolute Gasteiger partial charge is 0.344 e. The van der Waals surface area contributed by atoms with Gasteiger partial charge < -0.3 is 15.2 Å². The molecule has 0 amide bonds. The van der Waals surface area contributed by atoms with Gasteiger partial charge in [0.05, 0.1) is 11.6 Å². The molecule has 0 unspecified atom stereocenters. The van der Waals surface area contributed by atoms with Crippen molar-refractivity contribution < 1.29 is 14.3 Å². The van der Waals surface area contributed by atoms with Gasteiger partial charge in [0.2, 0.25) is 0 Å². The van der Waals surface area contributed by atoms with Crippen LogP contribution in [-0.2, 0) is 16.1 Å². The van der Waals surface area contributed by atoms with Crippen LogP contribution in [0.5, 0.6) is 5.75 Å². The van der Waals surface area contributed by atoms with Crippen molar-refractivity contribution in [2.45, 2.75) is 26.3 Å². The molecule has 0 heterocycles. The Labute approximate surface area is 112 Å². The molecule has 0 radical (unpaired) electrons. The van der Waals surface area contributed by atoms with Crippen molar-refractivity contribution in [2.75, 3.05) is 13.2 Å². The van der Waals surface area contributed by atoms with E-state index in [1.807, 2.05) is 13.0 Å². The number of halogens is 1. The normalized spacial score (nSPS) is 10.2. The average molecular weight is 272 g/mol. The molecule has 0 saturated heterocycles. The van der Waals surface area contributed by atoms with E-state index in [1.165, 1.54) is 0 Å². The molecule has 0 aliphatic heterocycles. The highest BCUT2D eigenvalue weighted by molar-refractivity contribution is 6.32. The molecule has 0 saturated carbocycles. The lowest BCUT2D eigenvalue weighted by atomic mass is 10.2. The van der Waals surface area contributed by atoms with Gasteiger partial charge >= 0.3 is 5.97 Å². The molecule has 0 aliphatic rings. The van der Waals surface area contributed by atoms with E-state index in [1.54, 1.807) is 12.1 Å². The van der Waals surface area contributed by atoms with E-state index in [0.717, 1.165) is 18.4 Å². The number of esters is 1. The van der Waals surface area contributed by atoms with E-state index in [9.17, 15) is 4.79 Å². The van der Waals surface area contributed by atoms with E-state index in [4.69, 9.17) is 26.8 Å². The Morgan fingerprint density at radius 3 is 2.89 bits per heavy atom. The molecule has 4 nitrogen and oxygen atoms in total. The fourth-order valence-electron chi connectivity index (χ4n) is 1.38. The maximum absolute atomic E-state index is 11.4. The third-order valence-electron chi connectivity index (χ3n) is 2.36. The molecule has 0 bridgehead atoms. The van der Waals surface area contributed by atoms with Crippen molar-refractivity contribution in [1.29, 1.82) is 0 Å². The van der Waals surface area contributed by atoms with Crippen molar-refractivity contribution in [2.24, 2.45) is 5.73 Å². The molecule has 0 aliphatic carbocycles. The number of para-hydroxylation sites is 1. The molecule has 5 heteroatoms. The molecule has 1 aromatic rings. The van der Waals surface area contributed by atoms with Crippen molar-refractivity contribution >= 4 is 17.6 Å². The zero-order valence-electron chi connectivity index (χ0n) is 10.4.